The molecule has 2 aromatic rings. The van der Waals surface area contributed by atoms with Crippen molar-refractivity contribution in [1.82, 2.24) is 0 Å². The molecule has 0 radical (unpaired) electrons. The summed E-state index contributed by atoms with van der Waals surface area (Å²) in [5.74, 6) is -1.18. The molecular formula is C17H10Cl2F3NO5. The van der Waals surface area contributed by atoms with Gasteiger partial charge in [0.15, 0.2) is 0 Å². The lowest BCUT2D eigenvalue weighted by molar-refractivity contribution is -0.385. The van der Waals surface area contributed by atoms with E-state index in [1.807, 2.05) is 0 Å². The van der Waals surface area contributed by atoms with Crippen LogP contribution in [0.4, 0.5) is 18.9 Å². The third-order valence-corrected chi connectivity index (χ3v) is 3.65. The Bertz CT molecular complexity index is 947. The number of nitro groups is 1. The van der Waals surface area contributed by atoms with Crippen LogP contribution in [0.3, 0.4) is 0 Å². The number of halogens is 5. The fraction of sp³-hybridized carbons (Fsp3) is 0.118. The highest BCUT2D eigenvalue weighted by atomic mass is 35.5. The fourth-order valence-electron chi connectivity index (χ4n) is 2.05. The fourth-order valence-corrected chi connectivity index (χ4v) is 2.38. The summed E-state index contributed by atoms with van der Waals surface area (Å²) in [6.45, 7) is 2.96. The van der Waals surface area contributed by atoms with Gasteiger partial charge < -0.3 is 9.47 Å². The van der Waals surface area contributed by atoms with Crippen molar-refractivity contribution in [3.05, 3.63) is 74.3 Å². The molecule has 0 aromatic heterocycles. The Balaban J connectivity index is 2.33. The zero-order valence-corrected chi connectivity index (χ0v) is 15.3. The second-order valence-electron chi connectivity index (χ2n) is 5.27. The lowest BCUT2D eigenvalue weighted by atomic mass is 10.1. The van der Waals surface area contributed by atoms with E-state index in [0.29, 0.717) is 0 Å². The van der Waals surface area contributed by atoms with Crippen LogP contribution in [-0.4, -0.2) is 17.5 Å². The van der Waals surface area contributed by atoms with E-state index in [1.165, 1.54) is 6.07 Å². The van der Waals surface area contributed by atoms with E-state index in [4.69, 9.17) is 32.7 Å². The number of hydrogen-bond acceptors (Lipinski definition) is 5. The Morgan fingerprint density at radius 2 is 1.79 bits per heavy atom. The molecule has 0 atom stereocenters. The van der Waals surface area contributed by atoms with Crippen LogP contribution < -0.4 is 4.74 Å². The second kappa shape index (κ2) is 8.49. The molecule has 0 spiro atoms. The van der Waals surface area contributed by atoms with Gasteiger partial charge in [-0.15, -0.1) is 0 Å². The minimum absolute atomic E-state index is 0.00260. The van der Waals surface area contributed by atoms with E-state index in [0.717, 1.165) is 30.3 Å². The Kier molecular flexibility index (Phi) is 6.52. The van der Waals surface area contributed by atoms with E-state index >= 15 is 0 Å². The Morgan fingerprint density at radius 1 is 1.18 bits per heavy atom. The first-order valence-electron chi connectivity index (χ1n) is 7.32. The van der Waals surface area contributed by atoms with Crippen molar-refractivity contribution in [2.24, 2.45) is 0 Å². The van der Waals surface area contributed by atoms with Gasteiger partial charge in [-0.2, -0.15) is 13.2 Å². The summed E-state index contributed by atoms with van der Waals surface area (Å²) in [5.41, 5.74) is -2.03. The predicted molar refractivity (Wildman–Crippen MR) is 94.9 cm³/mol. The third-order valence-electron chi connectivity index (χ3n) is 3.23. The van der Waals surface area contributed by atoms with Crippen LogP contribution in [0.1, 0.15) is 15.9 Å². The number of rotatable bonds is 6. The summed E-state index contributed by atoms with van der Waals surface area (Å²) >= 11 is 11.1. The molecule has 0 saturated carbocycles. The zero-order chi connectivity index (χ0) is 21.1. The largest absolute Gasteiger partial charge is 0.457 e. The van der Waals surface area contributed by atoms with Crippen molar-refractivity contribution >= 4 is 34.9 Å². The molecule has 0 aliphatic carbocycles. The average molecular weight is 436 g/mol. The summed E-state index contributed by atoms with van der Waals surface area (Å²) in [7, 11) is 0. The van der Waals surface area contributed by atoms with Gasteiger partial charge in [-0.25, -0.2) is 4.79 Å². The van der Waals surface area contributed by atoms with E-state index in [2.05, 4.69) is 6.58 Å². The van der Waals surface area contributed by atoms with Crippen molar-refractivity contribution in [1.29, 1.82) is 0 Å². The van der Waals surface area contributed by atoms with Crippen molar-refractivity contribution in [3.8, 4) is 11.5 Å². The number of alkyl halides is 3. The first-order chi connectivity index (χ1) is 13.0. The lowest BCUT2D eigenvalue weighted by Gasteiger charge is -2.12. The molecule has 11 heteroatoms. The molecule has 2 aromatic carbocycles. The molecule has 0 unspecified atom stereocenters. The Morgan fingerprint density at radius 3 is 2.32 bits per heavy atom. The molecule has 0 fully saturated rings. The van der Waals surface area contributed by atoms with Crippen LogP contribution in [0.15, 0.2) is 48.0 Å². The summed E-state index contributed by atoms with van der Waals surface area (Å²) < 4.78 is 48.4. The highest BCUT2D eigenvalue weighted by Crippen LogP contribution is 2.37. The molecule has 0 aliphatic rings. The van der Waals surface area contributed by atoms with Gasteiger partial charge in [-0.05, 0) is 18.2 Å². The number of hydrogen-bond donors (Lipinski definition) is 0. The molecule has 0 aliphatic heterocycles. The smallest absolute Gasteiger partial charge is 0.417 e. The topological polar surface area (TPSA) is 78.7 Å². The number of carbonyl (C=O) groups is 1. The van der Waals surface area contributed by atoms with Gasteiger partial charge in [0.25, 0.3) is 5.69 Å². The quantitative estimate of drug-likeness (QED) is 0.317. The van der Waals surface area contributed by atoms with Crippen LogP contribution in [-0.2, 0) is 10.9 Å². The van der Waals surface area contributed by atoms with Gasteiger partial charge in [-0.3, -0.25) is 10.1 Å². The Hall–Kier alpha value is -2.78. The molecule has 0 bridgehead atoms. The number of nitrogens with zero attached hydrogens (tertiary/aromatic N) is 1. The number of esters is 1. The van der Waals surface area contributed by atoms with Crippen molar-refractivity contribution < 1.29 is 32.4 Å². The molecular weight excluding hydrogens is 426 g/mol. The van der Waals surface area contributed by atoms with Gasteiger partial charge in [0.2, 0.25) is 0 Å². The van der Waals surface area contributed by atoms with Crippen molar-refractivity contribution in [3.63, 3.8) is 0 Å². The van der Waals surface area contributed by atoms with E-state index in [-0.39, 0.29) is 23.1 Å². The van der Waals surface area contributed by atoms with E-state index in [1.54, 1.807) is 0 Å². The number of benzene rings is 2. The zero-order valence-electron chi connectivity index (χ0n) is 13.8. The maximum absolute atomic E-state index is 12.7. The van der Waals surface area contributed by atoms with Gasteiger partial charge in [0.05, 0.1) is 15.5 Å². The van der Waals surface area contributed by atoms with Crippen LogP contribution in [0.2, 0.25) is 5.02 Å². The standard InChI is InChI=1S/C17H10Cl2F3NO5/c1-9(18)8-27-16(24)12-6-10(3-5-15(12)23(25)26)28-11-2-4-13(14(19)7-11)17(20,21)22/h2-7H,1,8H2. The summed E-state index contributed by atoms with van der Waals surface area (Å²) in [4.78, 5) is 22.4. The minimum Gasteiger partial charge on any atom is -0.457 e. The van der Waals surface area contributed by atoms with E-state index in [9.17, 15) is 28.1 Å². The molecule has 148 valence electrons. The van der Waals surface area contributed by atoms with Gasteiger partial charge in [0, 0.05) is 23.2 Å². The highest BCUT2D eigenvalue weighted by Gasteiger charge is 2.33. The molecule has 0 saturated heterocycles. The normalized spacial score (nSPS) is 11.0. The molecule has 6 nitrogen and oxygen atoms in total. The number of carbonyl (C=O) groups excluding carboxylic acids is 1. The summed E-state index contributed by atoms with van der Waals surface area (Å²) in [6.07, 6.45) is -4.63. The first-order valence-corrected chi connectivity index (χ1v) is 8.08. The molecule has 0 amide bonds. The lowest BCUT2D eigenvalue weighted by Crippen LogP contribution is -2.09. The average Bonchev–Trinajstić information content (AvgIpc) is 2.58. The number of nitro benzene ring substituents is 1. The number of ether oxygens (including phenoxy) is 2. The molecule has 0 N–H and O–H groups in total. The summed E-state index contributed by atoms with van der Waals surface area (Å²) in [5, 5.41) is 10.5. The van der Waals surface area contributed by atoms with Gasteiger partial charge in [0.1, 0.15) is 23.7 Å². The third kappa shape index (κ3) is 5.37. The monoisotopic (exact) mass is 435 g/mol. The maximum Gasteiger partial charge on any atom is 0.417 e. The van der Waals surface area contributed by atoms with Crippen molar-refractivity contribution in [2.45, 2.75) is 6.18 Å². The first kappa shape index (κ1) is 21.5. The predicted octanol–water partition coefficient (Wildman–Crippen LogP) is 5.97. The van der Waals surface area contributed by atoms with Gasteiger partial charge in [-0.1, -0.05) is 29.8 Å². The van der Waals surface area contributed by atoms with Crippen LogP contribution >= 0.6 is 23.2 Å². The van der Waals surface area contributed by atoms with Crippen LogP contribution in [0.5, 0.6) is 11.5 Å². The van der Waals surface area contributed by atoms with Gasteiger partial charge >= 0.3 is 12.1 Å². The summed E-state index contributed by atoms with van der Waals surface area (Å²) in [6, 6.07) is 5.86. The minimum atomic E-state index is -4.63. The molecule has 28 heavy (non-hydrogen) atoms. The second-order valence-corrected chi connectivity index (χ2v) is 6.21. The van der Waals surface area contributed by atoms with E-state index < -0.39 is 38.9 Å². The highest BCUT2D eigenvalue weighted by molar-refractivity contribution is 6.31. The molecule has 0 heterocycles. The van der Waals surface area contributed by atoms with Crippen LogP contribution in [0, 0.1) is 10.1 Å². The van der Waals surface area contributed by atoms with Crippen LogP contribution in [0.25, 0.3) is 0 Å². The Labute approximate surface area is 166 Å². The SMILES string of the molecule is C=C(Cl)COC(=O)c1cc(Oc2ccc(C(F)(F)F)c(Cl)c2)ccc1[N+](=O)[O-]. The maximum atomic E-state index is 12.7. The van der Waals surface area contributed by atoms with Crippen molar-refractivity contribution in [2.75, 3.05) is 6.61 Å². The molecule has 2 rings (SSSR count).